The summed E-state index contributed by atoms with van der Waals surface area (Å²) in [5.74, 6) is 0.301. The third-order valence-corrected chi connectivity index (χ3v) is 8.11. The van der Waals surface area contributed by atoms with Crippen molar-refractivity contribution in [2.75, 3.05) is 13.2 Å². The molecule has 0 amide bonds. The van der Waals surface area contributed by atoms with Crippen molar-refractivity contribution >= 4 is 12.1 Å². The Labute approximate surface area is 144 Å². The van der Waals surface area contributed by atoms with Gasteiger partial charge in [-0.25, -0.2) is 0 Å². The van der Waals surface area contributed by atoms with Crippen LogP contribution in [0.1, 0.15) is 71.6 Å². The lowest BCUT2D eigenvalue weighted by Gasteiger charge is -2.61. The molecule has 4 heteroatoms. The Morgan fingerprint density at radius 3 is 2.67 bits per heavy atom. The number of hydrogen-bond acceptors (Lipinski definition) is 4. The van der Waals surface area contributed by atoms with Gasteiger partial charge in [-0.05, 0) is 48.9 Å². The Morgan fingerprint density at radius 2 is 1.96 bits per heavy atom. The molecule has 24 heavy (non-hydrogen) atoms. The zero-order valence-electron chi connectivity index (χ0n) is 15.1. The summed E-state index contributed by atoms with van der Waals surface area (Å²) in [6.45, 7) is 6.02. The minimum absolute atomic E-state index is 0.0218. The lowest BCUT2D eigenvalue weighted by molar-refractivity contribution is -0.275. The van der Waals surface area contributed by atoms with Crippen LogP contribution in [0.15, 0.2) is 0 Å². The van der Waals surface area contributed by atoms with E-state index in [1.165, 1.54) is 6.42 Å². The SMILES string of the molecule is C[C@]12CC[C@]3(C1)[C@@H](CC(=O)C[C@]3(C)CCCC=O)CC21OCCO1. The second kappa shape index (κ2) is 5.38. The van der Waals surface area contributed by atoms with Crippen LogP contribution in [0.2, 0.25) is 0 Å². The molecule has 0 unspecified atom stereocenters. The first-order chi connectivity index (χ1) is 11.4. The molecule has 3 saturated carbocycles. The van der Waals surface area contributed by atoms with Crippen molar-refractivity contribution in [3.63, 3.8) is 0 Å². The summed E-state index contributed by atoms with van der Waals surface area (Å²) in [5.41, 5.74) is 0.305. The Bertz CT molecular complexity index is 552. The molecule has 4 atom stereocenters. The van der Waals surface area contributed by atoms with Gasteiger partial charge in [-0.1, -0.05) is 13.8 Å². The van der Waals surface area contributed by atoms with E-state index in [2.05, 4.69) is 13.8 Å². The fourth-order valence-corrected chi connectivity index (χ4v) is 6.88. The van der Waals surface area contributed by atoms with Crippen molar-refractivity contribution in [2.45, 2.75) is 77.4 Å². The highest BCUT2D eigenvalue weighted by Crippen LogP contribution is 2.74. The lowest BCUT2D eigenvalue weighted by Crippen LogP contribution is -2.59. The first kappa shape index (κ1) is 16.7. The third kappa shape index (κ3) is 2.05. The van der Waals surface area contributed by atoms with Gasteiger partial charge in [0.05, 0.1) is 13.2 Å². The monoisotopic (exact) mass is 334 g/mol. The number of ether oxygens (including phenoxy) is 2. The molecule has 134 valence electrons. The number of unbranched alkanes of at least 4 members (excludes halogenated alkanes) is 1. The summed E-state index contributed by atoms with van der Waals surface area (Å²) in [4.78, 5) is 23.3. The van der Waals surface area contributed by atoms with Crippen LogP contribution >= 0.6 is 0 Å². The van der Waals surface area contributed by atoms with Crippen molar-refractivity contribution < 1.29 is 19.1 Å². The molecule has 0 N–H and O–H groups in total. The van der Waals surface area contributed by atoms with Gasteiger partial charge in [0.15, 0.2) is 5.79 Å². The summed E-state index contributed by atoms with van der Waals surface area (Å²) < 4.78 is 12.4. The van der Waals surface area contributed by atoms with Gasteiger partial charge in [-0.15, -0.1) is 0 Å². The van der Waals surface area contributed by atoms with Gasteiger partial charge < -0.3 is 14.3 Å². The third-order valence-electron chi connectivity index (χ3n) is 8.11. The van der Waals surface area contributed by atoms with Crippen molar-refractivity contribution in [3.8, 4) is 0 Å². The molecule has 0 aromatic rings. The summed E-state index contributed by atoms with van der Waals surface area (Å²) in [7, 11) is 0. The molecule has 1 heterocycles. The van der Waals surface area contributed by atoms with Crippen molar-refractivity contribution in [2.24, 2.45) is 22.2 Å². The van der Waals surface area contributed by atoms with Crippen molar-refractivity contribution in [3.05, 3.63) is 0 Å². The van der Waals surface area contributed by atoms with Crippen LogP contribution in [0.3, 0.4) is 0 Å². The predicted octanol–water partition coefficient (Wildman–Crippen LogP) is 3.66. The van der Waals surface area contributed by atoms with Crippen molar-refractivity contribution in [1.29, 1.82) is 0 Å². The van der Waals surface area contributed by atoms with Crippen LogP contribution in [0.25, 0.3) is 0 Å². The first-order valence-corrected chi connectivity index (χ1v) is 9.62. The fourth-order valence-electron chi connectivity index (χ4n) is 6.88. The number of ketones is 1. The van der Waals surface area contributed by atoms with Crippen molar-refractivity contribution in [1.82, 2.24) is 0 Å². The topological polar surface area (TPSA) is 52.6 Å². The van der Waals surface area contributed by atoms with Crippen LogP contribution in [0.4, 0.5) is 0 Å². The van der Waals surface area contributed by atoms with Crippen LogP contribution in [0.5, 0.6) is 0 Å². The maximum atomic E-state index is 12.6. The summed E-state index contributed by atoms with van der Waals surface area (Å²) in [5, 5.41) is 0. The molecule has 2 spiro atoms. The van der Waals surface area contributed by atoms with Gasteiger partial charge in [0.25, 0.3) is 0 Å². The first-order valence-electron chi connectivity index (χ1n) is 9.62. The van der Waals surface area contributed by atoms with Crippen LogP contribution < -0.4 is 0 Å². The molecule has 4 nitrogen and oxygen atoms in total. The Morgan fingerprint density at radius 1 is 1.21 bits per heavy atom. The van der Waals surface area contributed by atoms with E-state index in [-0.39, 0.29) is 16.2 Å². The number of aldehydes is 1. The van der Waals surface area contributed by atoms with Gasteiger partial charge in [0.2, 0.25) is 0 Å². The molecule has 0 aromatic heterocycles. The van der Waals surface area contributed by atoms with Gasteiger partial charge in [-0.3, -0.25) is 4.79 Å². The Hall–Kier alpha value is -0.740. The van der Waals surface area contributed by atoms with E-state index in [9.17, 15) is 9.59 Å². The molecule has 4 rings (SSSR count). The molecule has 1 aliphatic heterocycles. The molecule has 0 radical (unpaired) electrons. The Balaban J connectivity index is 1.69. The van der Waals surface area contributed by atoms with E-state index >= 15 is 0 Å². The number of carbonyl (C=O) groups is 2. The minimum Gasteiger partial charge on any atom is -0.347 e. The highest BCUT2D eigenvalue weighted by atomic mass is 16.7. The average Bonchev–Trinajstić information content (AvgIpc) is 3.10. The normalized spacial score (nSPS) is 46.2. The van der Waals surface area contributed by atoms with E-state index in [1.807, 2.05) is 0 Å². The van der Waals surface area contributed by atoms with E-state index in [0.29, 0.717) is 44.2 Å². The summed E-state index contributed by atoms with van der Waals surface area (Å²) >= 11 is 0. The zero-order chi connectivity index (χ0) is 17.1. The van der Waals surface area contributed by atoms with E-state index < -0.39 is 5.79 Å². The number of carbonyl (C=O) groups excluding carboxylic acids is 2. The molecule has 1 saturated heterocycles. The maximum absolute atomic E-state index is 12.6. The van der Waals surface area contributed by atoms with Gasteiger partial charge in [0, 0.05) is 31.1 Å². The lowest BCUT2D eigenvalue weighted by atomic mass is 9.45. The van der Waals surface area contributed by atoms with Gasteiger partial charge >= 0.3 is 0 Å². The van der Waals surface area contributed by atoms with E-state index in [0.717, 1.165) is 38.4 Å². The minimum atomic E-state index is -0.459. The summed E-state index contributed by atoms with van der Waals surface area (Å²) in [6, 6.07) is 0. The highest BCUT2D eigenvalue weighted by Gasteiger charge is 2.71. The van der Waals surface area contributed by atoms with Crippen LogP contribution in [-0.2, 0) is 19.1 Å². The molecule has 2 bridgehead atoms. The molecular weight excluding hydrogens is 304 g/mol. The number of hydrogen-bond donors (Lipinski definition) is 0. The molecular formula is C20H30O4. The Kier molecular flexibility index (Phi) is 3.74. The second-order valence-electron chi connectivity index (χ2n) is 9.28. The fraction of sp³-hybridized carbons (Fsp3) is 0.900. The molecule has 4 fully saturated rings. The van der Waals surface area contributed by atoms with Gasteiger partial charge in [-0.2, -0.15) is 0 Å². The van der Waals surface area contributed by atoms with Crippen LogP contribution in [0, 0.1) is 22.2 Å². The quantitative estimate of drug-likeness (QED) is 0.581. The predicted molar refractivity (Wildman–Crippen MR) is 89.4 cm³/mol. The second-order valence-corrected chi connectivity index (χ2v) is 9.28. The number of fused-ring (bicyclic) bond motifs is 2. The maximum Gasteiger partial charge on any atom is 0.174 e. The number of Topliss-reactive ketones (excluding diaryl/α,β-unsaturated/α-hetero) is 1. The highest BCUT2D eigenvalue weighted by molar-refractivity contribution is 5.81. The molecule has 4 aliphatic rings. The zero-order valence-corrected chi connectivity index (χ0v) is 15.1. The molecule has 3 aliphatic carbocycles. The smallest absolute Gasteiger partial charge is 0.174 e. The van der Waals surface area contributed by atoms with Crippen LogP contribution in [-0.4, -0.2) is 31.1 Å². The van der Waals surface area contributed by atoms with Gasteiger partial charge in [0.1, 0.15) is 12.1 Å². The van der Waals surface area contributed by atoms with E-state index in [4.69, 9.17) is 9.47 Å². The average molecular weight is 334 g/mol. The molecule has 0 aromatic carbocycles. The number of rotatable bonds is 4. The largest absolute Gasteiger partial charge is 0.347 e. The standard InChI is InChI=1S/C20H30O4/c1-17(5-3-4-8-21)13-16(22)11-15-12-20(23-9-10-24-20)18(2)6-7-19(15,17)14-18/h8,15H,3-7,9-14H2,1-2H3/t15-,17-,18-,19-/m0/s1. The summed E-state index contributed by atoms with van der Waals surface area (Å²) in [6.07, 6.45) is 9.16. The van der Waals surface area contributed by atoms with E-state index in [1.54, 1.807) is 0 Å².